The number of amides is 1. The third-order valence-corrected chi connectivity index (χ3v) is 4.07. The SMILES string of the molecule is Cc1c(C(=O)N(C)CCc2ccncc2)cnn1-c1ccccc1. The second-order valence-electron chi connectivity index (χ2n) is 5.72. The molecule has 0 saturated carbocycles. The van der Waals surface area contributed by atoms with Crippen molar-refractivity contribution in [1.29, 1.82) is 0 Å². The lowest BCUT2D eigenvalue weighted by Crippen LogP contribution is -2.29. The molecule has 24 heavy (non-hydrogen) atoms. The normalized spacial score (nSPS) is 10.6. The van der Waals surface area contributed by atoms with Crippen molar-refractivity contribution in [3.8, 4) is 5.69 Å². The summed E-state index contributed by atoms with van der Waals surface area (Å²) in [6.07, 6.45) is 5.99. The first kappa shape index (κ1) is 15.9. The van der Waals surface area contributed by atoms with Crippen molar-refractivity contribution in [2.24, 2.45) is 0 Å². The van der Waals surface area contributed by atoms with Crippen LogP contribution in [-0.4, -0.2) is 39.2 Å². The molecule has 3 aromatic rings. The number of hydrogen-bond donors (Lipinski definition) is 0. The molecule has 2 heterocycles. The Labute approximate surface area is 141 Å². The standard InChI is InChI=1S/C19H20N4O/c1-15-18(14-21-23(15)17-6-4-3-5-7-17)19(24)22(2)13-10-16-8-11-20-12-9-16/h3-9,11-12,14H,10,13H2,1-2H3. The van der Waals surface area contributed by atoms with E-state index in [1.165, 1.54) is 5.56 Å². The molecule has 0 saturated heterocycles. The number of carbonyl (C=O) groups is 1. The topological polar surface area (TPSA) is 51.0 Å². The van der Waals surface area contributed by atoms with Gasteiger partial charge < -0.3 is 4.90 Å². The van der Waals surface area contributed by atoms with E-state index in [4.69, 9.17) is 0 Å². The van der Waals surface area contributed by atoms with Gasteiger partial charge in [0.2, 0.25) is 0 Å². The highest BCUT2D eigenvalue weighted by molar-refractivity contribution is 5.95. The quantitative estimate of drug-likeness (QED) is 0.726. The number of aromatic nitrogens is 3. The van der Waals surface area contributed by atoms with Crippen molar-refractivity contribution >= 4 is 5.91 Å². The highest BCUT2D eigenvalue weighted by Gasteiger charge is 2.18. The molecule has 0 spiro atoms. The van der Waals surface area contributed by atoms with Crippen LogP contribution in [0.25, 0.3) is 5.69 Å². The summed E-state index contributed by atoms with van der Waals surface area (Å²) in [5.74, 6) is -0.0104. The predicted molar refractivity (Wildman–Crippen MR) is 93.2 cm³/mol. The van der Waals surface area contributed by atoms with E-state index in [-0.39, 0.29) is 5.91 Å². The number of rotatable bonds is 5. The molecule has 1 aromatic carbocycles. The Hall–Kier alpha value is -2.95. The van der Waals surface area contributed by atoms with Crippen molar-refractivity contribution in [2.75, 3.05) is 13.6 Å². The number of benzene rings is 1. The van der Waals surface area contributed by atoms with Crippen molar-refractivity contribution in [3.63, 3.8) is 0 Å². The van der Waals surface area contributed by atoms with Gasteiger partial charge in [-0.1, -0.05) is 18.2 Å². The van der Waals surface area contributed by atoms with Crippen molar-refractivity contribution in [3.05, 3.63) is 77.9 Å². The molecule has 0 N–H and O–H groups in total. The Morgan fingerprint density at radius 2 is 1.83 bits per heavy atom. The molecule has 5 heteroatoms. The van der Waals surface area contributed by atoms with Crippen LogP contribution in [0.15, 0.2) is 61.1 Å². The van der Waals surface area contributed by atoms with Crippen LogP contribution >= 0.6 is 0 Å². The number of hydrogen-bond acceptors (Lipinski definition) is 3. The fraction of sp³-hybridized carbons (Fsp3) is 0.211. The maximum Gasteiger partial charge on any atom is 0.257 e. The summed E-state index contributed by atoms with van der Waals surface area (Å²) in [5.41, 5.74) is 3.60. The number of para-hydroxylation sites is 1. The molecule has 1 amide bonds. The molecule has 0 aliphatic carbocycles. The van der Waals surface area contributed by atoms with Crippen LogP contribution in [0.3, 0.4) is 0 Å². The van der Waals surface area contributed by atoms with Crippen LogP contribution in [0, 0.1) is 6.92 Å². The van der Waals surface area contributed by atoms with E-state index in [1.54, 1.807) is 28.2 Å². The van der Waals surface area contributed by atoms with Gasteiger partial charge in [-0.25, -0.2) is 4.68 Å². The van der Waals surface area contributed by atoms with Crippen LogP contribution in [0.4, 0.5) is 0 Å². The van der Waals surface area contributed by atoms with Gasteiger partial charge in [0.25, 0.3) is 5.91 Å². The number of carbonyl (C=O) groups excluding carboxylic acids is 1. The maximum atomic E-state index is 12.7. The monoisotopic (exact) mass is 320 g/mol. The fourth-order valence-electron chi connectivity index (χ4n) is 2.60. The summed E-state index contributed by atoms with van der Waals surface area (Å²) < 4.78 is 1.80. The van der Waals surface area contributed by atoms with Gasteiger partial charge in [0.05, 0.1) is 23.1 Å². The lowest BCUT2D eigenvalue weighted by atomic mass is 10.2. The fourth-order valence-corrected chi connectivity index (χ4v) is 2.60. The van der Waals surface area contributed by atoms with E-state index in [2.05, 4.69) is 10.1 Å². The molecule has 0 atom stereocenters. The summed E-state index contributed by atoms with van der Waals surface area (Å²) in [6.45, 7) is 2.57. The Kier molecular flexibility index (Phi) is 4.70. The van der Waals surface area contributed by atoms with Crippen LogP contribution in [0.5, 0.6) is 0 Å². The van der Waals surface area contributed by atoms with E-state index >= 15 is 0 Å². The van der Waals surface area contributed by atoms with E-state index in [9.17, 15) is 4.79 Å². The van der Waals surface area contributed by atoms with E-state index in [0.717, 1.165) is 17.8 Å². The molecule has 0 fully saturated rings. The summed E-state index contributed by atoms with van der Waals surface area (Å²) in [4.78, 5) is 18.4. The van der Waals surface area contributed by atoms with Crippen molar-refractivity contribution in [2.45, 2.75) is 13.3 Å². The lowest BCUT2D eigenvalue weighted by molar-refractivity contribution is 0.0796. The average Bonchev–Trinajstić information content (AvgIpc) is 3.02. The predicted octanol–water partition coefficient (Wildman–Crippen LogP) is 2.89. The largest absolute Gasteiger partial charge is 0.341 e. The first-order valence-corrected chi connectivity index (χ1v) is 7.91. The minimum atomic E-state index is -0.0104. The summed E-state index contributed by atoms with van der Waals surface area (Å²) in [7, 11) is 1.82. The Bertz CT molecular complexity index is 812. The molecule has 3 rings (SSSR count). The maximum absolute atomic E-state index is 12.7. The van der Waals surface area contributed by atoms with Gasteiger partial charge in [0.15, 0.2) is 0 Å². The number of nitrogens with zero attached hydrogens (tertiary/aromatic N) is 4. The van der Waals surface area contributed by atoms with Gasteiger partial charge in [-0.15, -0.1) is 0 Å². The lowest BCUT2D eigenvalue weighted by Gasteiger charge is -2.17. The first-order chi connectivity index (χ1) is 11.7. The molecule has 5 nitrogen and oxygen atoms in total. The summed E-state index contributed by atoms with van der Waals surface area (Å²) >= 11 is 0. The zero-order valence-corrected chi connectivity index (χ0v) is 13.9. The Morgan fingerprint density at radius 3 is 2.54 bits per heavy atom. The minimum Gasteiger partial charge on any atom is -0.341 e. The van der Waals surface area contributed by atoms with E-state index < -0.39 is 0 Å². The highest BCUT2D eigenvalue weighted by Crippen LogP contribution is 2.15. The molecule has 0 unspecified atom stereocenters. The average molecular weight is 320 g/mol. The van der Waals surface area contributed by atoms with E-state index in [1.807, 2.05) is 56.4 Å². The number of pyridine rings is 1. The van der Waals surface area contributed by atoms with Crippen LogP contribution in [0.1, 0.15) is 21.6 Å². The molecule has 122 valence electrons. The highest BCUT2D eigenvalue weighted by atomic mass is 16.2. The van der Waals surface area contributed by atoms with Crippen molar-refractivity contribution < 1.29 is 4.79 Å². The molecular weight excluding hydrogens is 300 g/mol. The Balaban J connectivity index is 1.72. The smallest absolute Gasteiger partial charge is 0.257 e. The Morgan fingerprint density at radius 1 is 1.12 bits per heavy atom. The van der Waals surface area contributed by atoms with Gasteiger partial charge in [-0.05, 0) is 43.2 Å². The van der Waals surface area contributed by atoms with Gasteiger partial charge in [-0.2, -0.15) is 5.10 Å². The third-order valence-electron chi connectivity index (χ3n) is 4.07. The molecule has 0 bridgehead atoms. The zero-order chi connectivity index (χ0) is 16.9. The van der Waals surface area contributed by atoms with Gasteiger partial charge >= 0.3 is 0 Å². The molecule has 2 aromatic heterocycles. The molecule has 0 aliphatic rings. The second kappa shape index (κ2) is 7.08. The molecular formula is C19H20N4O. The molecule has 0 radical (unpaired) electrons. The van der Waals surface area contributed by atoms with E-state index in [0.29, 0.717) is 12.1 Å². The van der Waals surface area contributed by atoms with Crippen LogP contribution in [-0.2, 0) is 6.42 Å². The van der Waals surface area contributed by atoms with Gasteiger partial charge in [0, 0.05) is 26.0 Å². The minimum absolute atomic E-state index is 0.0104. The summed E-state index contributed by atoms with van der Waals surface area (Å²) in [6, 6.07) is 13.8. The number of likely N-dealkylation sites (N-methyl/N-ethyl adjacent to an activating group) is 1. The van der Waals surface area contributed by atoms with Gasteiger partial charge in [-0.3, -0.25) is 9.78 Å². The van der Waals surface area contributed by atoms with Gasteiger partial charge in [0.1, 0.15) is 0 Å². The first-order valence-electron chi connectivity index (χ1n) is 7.91. The zero-order valence-electron chi connectivity index (χ0n) is 13.9. The third kappa shape index (κ3) is 3.35. The van der Waals surface area contributed by atoms with Crippen LogP contribution in [0.2, 0.25) is 0 Å². The van der Waals surface area contributed by atoms with Crippen molar-refractivity contribution in [1.82, 2.24) is 19.7 Å². The molecule has 0 aliphatic heterocycles. The summed E-state index contributed by atoms with van der Waals surface area (Å²) in [5, 5.41) is 4.37. The second-order valence-corrected chi connectivity index (χ2v) is 5.72. The van der Waals surface area contributed by atoms with Crippen LogP contribution < -0.4 is 0 Å².